The number of rotatable bonds is 4. The molecule has 3 aliphatic heterocycles. The summed E-state index contributed by atoms with van der Waals surface area (Å²) >= 11 is 0. The lowest BCUT2D eigenvalue weighted by molar-refractivity contribution is -0.0444. The molecule has 3 saturated heterocycles. The van der Waals surface area contributed by atoms with E-state index < -0.39 is 6.10 Å². The van der Waals surface area contributed by atoms with Gasteiger partial charge in [-0.05, 0) is 61.1 Å². The number of hydrogen-bond donors (Lipinski definition) is 1. The van der Waals surface area contributed by atoms with Crippen LogP contribution in [0.3, 0.4) is 0 Å². The van der Waals surface area contributed by atoms with Crippen molar-refractivity contribution in [2.45, 2.75) is 25.0 Å². The standard InChI is InChI=1S/C20H24N2O2.H2O/c1-3-13-12-22-9-7-14(13)10-19(22)20(23)16-6-8-21-18-5-4-15(24-2)11-17(16)18;/h3-6,8,11,13-14,19-20,23H,1,7,9-10,12H2,2H3;1H2/t13-,14?,19-,20-;/m1./s1. The summed E-state index contributed by atoms with van der Waals surface area (Å²) < 4.78 is 5.35. The summed E-state index contributed by atoms with van der Waals surface area (Å²) in [4.78, 5) is 6.86. The minimum absolute atomic E-state index is 0. The van der Waals surface area contributed by atoms with Crippen LogP contribution < -0.4 is 4.74 Å². The quantitative estimate of drug-likeness (QED) is 0.865. The van der Waals surface area contributed by atoms with E-state index in [9.17, 15) is 5.11 Å². The molecule has 0 radical (unpaired) electrons. The first-order chi connectivity index (χ1) is 11.7. The first kappa shape index (κ1) is 17.9. The van der Waals surface area contributed by atoms with Gasteiger partial charge < -0.3 is 15.3 Å². The number of methoxy groups -OCH3 is 1. The lowest BCUT2D eigenvalue weighted by atomic mass is 9.73. The molecule has 2 unspecified atom stereocenters. The molecule has 0 amide bonds. The van der Waals surface area contributed by atoms with Crippen molar-refractivity contribution >= 4 is 10.9 Å². The molecule has 2 bridgehead atoms. The van der Waals surface area contributed by atoms with Crippen LogP contribution in [0.15, 0.2) is 43.1 Å². The zero-order chi connectivity index (χ0) is 16.7. The highest BCUT2D eigenvalue weighted by Crippen LogP contribution is 2.42. The first-order valence-corrected chi connectivity index (χ1v) is 8.68. The Morgan fingerprint density at radius 1 is 1.40 bits per heavy atom. The summed E-state index contributed by atoms with van der Waals surface area (Å²) in [6.45, 7) is 6.07. The summed E-state index contributed by atoms with van der Waals surface area (Å²) in [5.41, 5.74) is 1.85. The average molecular weight is 342 g/mol. The summed E-state index contributed by atoms with van der Waals surface area (Å²) in [5.74, 6) is 2.01. The number of aromatic nitrogens is 1. The average Bonchev–Trinajstić information content (AvgIpc) is 2.66. The Balaban J connectivity index is 0.00000182. The lowest BCUT2D eigenvalue weighted by Gasteiger charge is -2.50. The second kappa shape index (κ2) is 7.12. The largest absolute Gasteiger partial charge is 0.497 e. The monoisotopic (exact) mass is 342 g/mol. The van der Waals surface area contributed by atoms with E-state index in [4.69, 9.17) is 4.74 Å². The predicted molar refractivity (Wildman–Crippen MR) is 98.6 cm³/mol. The molecule has 3 fully saturated rings. The molecule has 0 aliphatic carbocycles. The molecule has 0 spiro atoms. The zero-order valence-electron chi connectivity index (χ0n) is 14.6. The van der Waals surface area contributed by atoms with Crippen molar-refractivity contribution in [3.63, 3.8) is 0 Å². The number of pyridine rings is 1. The first-order valence-electron chi connectivity index (χ1n) is 8.68. The van der Waals surface area contributed by atoms with Gasteiger partial charge in [-0.1, -0.05) is 6.08 Å². The molecule has 0 saturated carbocycles. The van der Waals surface area contributed by atoms with E-state index in [0.717, 1.165) is 41.7 Å². The molecule has 5 heteroatoms. The Morgan fingerprint density at radius 3 is 2.92 bits per heavy atom. The van der Waals surface area contributed by atoms with Crippen LogP contribution >= 0.6 is 0 Å². The number of nitrogens with zero attached hydrogens (tertiary/aromatic N) is 2. The van der Waals surface area contributed by atoms with Gasteiger partial charge >= 0.3 is 0 Å². The van der Waals surface area contributed by atoms with Crippen LogP contribution in [0, 0.1) is 11.8 Å². The van der Waals surface area contributed by atoms with Crippen molar-refractivity contribution in [1.29, 1.82) is 0 Å². The Kier molecular flexibility index (Phi) is 5.08. The van der Waals surface area contributed by atoms with Gasteiger partial charge in [0.25, 0.3) is 0 Å². The molecule has 1 aromatic heterocycles. The number of piperidine rings is 3. The van der Waals surface area contributed by atoms with Crippen molar-refractivity contribution in [3.8, 4) is 5.75 Å². The molecule has 5 rings (SSSR count). The van der Waals surface area contributed by atoms with E-state index in [1.165, 1.54) is 6.42 Å². The zero-order valence-corrected chi connectivity index (χ0v) is 14.6. The molecule has 5 atom stereocenters. The highest BCUT2D eigenvalue weighted by atomic mass is 16.5. The second-order valence-corrected chi connectivity index (χ2v) is 6.97. The SMILES string of the molecule is C=C[C@@H]1CN2CCC1C[C@@H]2[C@H](O)c1ccnc2ccc(OC)cc12.O. The van der Waals surface area contributed by atoms with Crippen molar-refractivity contribution in [3.05, 3.63) is 48.7 Å². The second-order valence-electron chi connectivity index (χ2n) is 6.97. The number of benzene rings is 1. The van der Waals surface area contributed by atoms with E-state index in [1.807, 2.05) is 24.3 Å². The van der Waals surface area contributed by atoms with Crippen molar-refractivity contribution < 1.29 is 15.3 Å². The van der Waals surface area contributed by atoms with Crippen LogP contribution in [0.1, 0.15) is 24.5 Å². The number of aliphatic hydroxyl groups excluding tert-OH is 1. The number of ether oxygens (including phenoxy) is 1. The van der Waals surface area contributed by atoms with Gasteiger partial charge in [-0.15, -0.1) is 6.58 Å². The van der Waals surface area contributed by atoms with Crippen molar-refractivity contribution in [1.82, 2.24) is 9.88 Å². The number of hydrogen-bond acceptors (Lipinski definition) is 4. The summed E-state index contributed by atoms with van der Waals surface area (Å²) in [6, 6.07) is 7.96. The molecule has 25 heavy (non-hydrogen) atoms. The van der Waals surface area contributed by atoms with Crippen LogP contribution in [0.5, 0.6) is 5.75 Å². The molecule has 2 aromatic rings. The van der Waals surface area contributed by atoms with Gasteiger partial charge in [0.2, 0.25) is 0 Å². The van der Waals surface area contributed by atoms with E-state index in [1.54, 1.807) is 13.3 Å². The summed E-state index contributed by atoms with van der Waals surface area (Å²) in [5, 5.41) is 12.1. The molecule has 5 nitrogen and oxygen atoms in total. The molecule has 3 N–H and O–H groups in total. The Bertz CT molecular complexity index is 764. The molecule has 134 valence electrons. The van der Waals surface area contributed by atoms with E-state index >= 15 is 0 Å². The fraction of sp³-hybridized carbons (Fsp3) is 0.450. The normalized spacial score (nSPS) is 29.0. The van der Waals surface area contributed by atoms with E-state index in [2.05, 4.69) is 22.5 Å². The smallest absolute Gasteiger partial charge is 0.119 e. The summed E-state index contributed by atoms with van der Waals surface area (Å²) in [6.07, 6.45) is 5.62. The third kappa shape index (κ3) is 3.03. The minimum Gasteiger partial charge on any atom is -0.497 e. The highest BCUT2D eigenvalue weighted by molar-refractivity contribution is 5.83. The van der Waals surface area contributed by atoms with E-state index in [-0.39, 0.29) is 11.5 Å². The Morgan fingerprint density at radius 2 is 2.24 bits per heavy atom. The van der Waals surface area contributed by atoms with Crippen LogP contribution in [0.2, 0.25) is 0 Å². The van der Waals surface area contributed by atoms with Crippen LogP contribution in [-0.4, -0.2) is 46.7 Å². The highest BCUT2D eigenvalue weighted by Gasteiger charge is 2.42. The van der Waals surface area contributed by atoms with Gasteiger partial charge in [-0.25, -0.2) is 0 Å². The lowest BCUT2D eigenvalue weighted by Crippen LogP contribution is -2.54. The van der Waals surface area contributed by atoms with Gasteiger partial charge in [0.05, 0.1) is 18.7 Å². The van der Waals surface area contributed by atoms with Gasteiger partial charge in [0.1, 0.15) is 5.75 Å². The minimum atomic E-state index is -0.504. The van der Waals surface area contributed by atoms with E-state index in [0.29, 0.717) is 11.8 Å². The maximum absolute atomic E-state index is 11.2. The third-order valence-electron chi connectivity index (χ3n) is 5.82. The number of aliphatic hydroxyl groups is 1. The topological polar surface area (TPSA) is 77.1 Å². The van der Waals surface area contributed by atoms with Crippen molar-refractivity contribution in [2.75, 3.05) is 20.2 Å². The third-order valence-corrected chi connectivity index (χ3v) is 5.82. The number of fused-ring (bicyclic) bond motifs is 4. The van der Waals surface area contributed by atoms with Gasteiger partial charge in [0.15, 0.2) is 0 Å². The fourth-order valence-electron chi connectivity index (χ4n) is 4.44. The Hall–Kier alpha value is -1.95. The van der Waals surface area contributed by atoms with Crippen LogP contribution in [-0.2, 0) is 0 Å². The predicted octanol–water partition coefficient (Wildman–Crippen LogP) is 2.35. The molecule has 3 aliphatic rings. The molecule has 1 aromatic carbocycles. The molecule has 4 heterocycles. The molecular weight excluding hydrogens is 316 g/mol. The maximum atomic E-state index is 11.2. The van der Waals surface area contributed by atoms with Gasteiger partial charge in [0, 0.05) is 24.2 Å². The van der Waals surface area contributed by atoms with Gasteiger partial charge in [-0.3, -0.25) is 9.88 Å². The summed E-state index contributed by atoms with van der Waals surface area (Å²) in [7, 11) is 1.66. The Labute approximate surface area is 148 Å². The van der Waals surface area contributed by atoms with Crippen molar-refractivity contribution in [2.24, 2.45) is 11.8 Å². The fourth-order valence-corrected chi connectivity index (χ4v) is 4.44. The van der Waals surface area contributed by atoms with Gasteiger partial charge in [-0.2, -0.15) is 0 Å². The molecular formula is C20H26N2O3. The van der Waals surface area contributed by atoms with Crippen LogP contribution in [0.4, 0.5) is 0 Å². The van der Waals surface area contributed by atoms with Crippen LogP contribution in [0.25, 0.3) is 10.9 Å². The maximum Gasteiger partial charge on any atom is 0.119 e.